The topological polar surface area (TPSA) is 102 Å². The molecule has 8 nitrogen and oxygen atoms in total. The Morgan fingerprint density at radius 1 is 1.00 bits per heavy atom. The van der Waals surface area contributed by atoms with Crippen molar-refractivity contribution in [3.05, 3.63) is 59.2 Å². The molecule has 0 saturated carbocycles. The van der Waals surface area contributed by atoms with Gasteiger partial charge in [-0.2, -0.15) is 0 Å². The summed E-state index contributed by atoms with van der Waals surface area (Å²) in [6.45, 7) is 1.75. The highest BCUT2D eigenvalue weighted by atomic mass is 16.5. The first-order valence-electron chi connectivity index (χ1n) is 8.57. The van der Waals surface area contributed by atoms with Gasteiger partial charge in [-0.3, -0.25) is 19.3 Å². The second-order valence-corrected chi connectivity index (χ2v) is 6.01. The van der Waals surface area contributed by atoms with Crippen LogP contribution in [-0.4, -0.2) is 48.9 Å². The molecule has 1 aliphatic heterocycles. The van der Waals surface area contributed by atoms with Crippen molar-refractivity contribution in [1.29, 1.82) is 0 Å². The van der Waals surface area contributed by atoms with Crippen molar-refractivity contribution in [3.63, 3.8) is 0 Å². The molecule has 1 heterocycles. The molecule has 0 fully saturated rings. The van der Waals surface area contributed by atoms with Gasteiger partial charge in [0.2, 0.25) is 0 Å². The van der Waals surface area contributed by atoms with Crippen molar-refractivity contribution in [2.75, 3.05) is 25.6 Å². The third-order valence-electron chi connectivity index (χ3n) is 4.11. The molecule has 144 valence electrons. The first-order chi connectivity index (χ1) is 13.4. The molecule has 0 saturated heterocycles. The van der Waals surface area contributed by atoms with Crippen molar-refractivity contribution in [3.8, 4) is 5.75 Å². The number of fused-ring (bicyclic) bond motifs is 1. The van der Waals surface area contributed by atoms with Crippen LogP contribution in [0.2, 0.25) is 0 Å². The molecule has 0 atom stereocenters. The van der Waals surface area contributed by atoms with Crippen LogP contribution in [-0.2, 0) is 9.53 Å². The number of esters is 1. The van der Waals surface area contributed by atoms with E-state index in [2.05, 4.69) is 5.32 Å². The van der Waals surface area contributed by atoms with E-state index < -0.39 is 17.8 Å². The number of ether oxygens (including phenoxy) is 2. The van der Waals surface area contributed by atoms with E-state index >= 15 is 0 Å². The average Bonchev–Trinajstić information content (AvgIpc) is 2.91. The summed E-state index contributed by atoms with van der Waals surface area (Å²) >= 11 is 0. The third kappa shape index (κ3) is 3.85. The van der Waals surface area contributed by atoms with E-state index in [4.69, 9.17) is 9.47 Å². The largest absolute Gasteiger partial charge is 0.484 e. The molecule has 0 unspecified atom stereocenters. The molecule has 8 heteroatoms. The first-order valence-corrected chi connectivity index (χ1v) is 8.57. The van der Waals surface area contributed by atoms with Gasteiger partial charge >= 0.3 is 5.97 Å². The maximum absolute atomic E-state index is 12.1. The molecule has 0 aromatic heterocycles. The third-order valence-corrected chi connectivity index (χ3v) is 4.11. The Morgan fingerprint density at radius 3 is 2.36 bits per heavy atom. The fourth-order valence-electron chi connectivity index (χ4n) is 2.69. The minimum Gasteiger partial charge on any atom is -0.484 e. The molecule has 0 bridgehead atoms. The highest BCUT2D eigenvalue weighted by Gasteiger charge is 2.32. The number of rotatable bonds is 6. The number of benzene rings is 2. The maximum Gasteiger partial charge on any atom is 0.338 e. The molecule has 3 amide bonds. The lowest BCUT2D eigenvalue weighted by atomic mass is 10.1. The number of nitrogens with zero attached hydrogens (tertiary/aromatic N) is 1. The van der Waals surface area contributed by atoms with E-state index in [1.807, 2.05) is 0 Å². The van der Waals surface area contributed by atoms with E-state index in [1.54, 1.807) is 37.3 Å². The van der Waals surface area contributed by atoms with E-state index in [1.165, 1.54) is 19.2 Å². The zero-order chi connectivity index (χ0) is 20.3. The molecule has 28 heavy (non-hydrogen) atoms. The smallest absolute Gasteiger partial charge is 0.338 e. The minimum atomic E-state index is -0.431. The molecule has 3 rings (SSSR count). The molecule has 1 aliphatic rings. The molecular weight excluding hydrogens is 364 g/mol. The average molecular weight is 382 g/mol. The van der Waals surface area contributed by atoms with Crippen molar-refractivity contribution in [2.45, 2.75) is 6.92 Å². The predicted octanol–water partition coefficient (Wildman–Crippen LogP) is 2.11. The van der Waals surface area contributed by atoms with Crippen molar-refractivity contribution >= 4 is 29.4 Å². The van der Waals surface area contributed by atoms with Crippen LogP contribution in [0.1, 0.15) is 38.0 Å². The zero-order valence-corrected chi connectivity index (χ0v) is 15.4. The summed E-state index contributed by atoms with van der Waals surface area (Å²) in [7, 11) is 1.41. The van der Waals surface area contributed by atoms with Crippen molar-refractivity contribution < 1.29 is 28.7 Å². The van der Waals surface area contributed by atoms with Gasteiger partial charge in [-0.1, -0.05) is 0 Å². The predicted molar refractivity (Wildman–Crippen MR) is 99.4 cm³/mol. The van der Waals surface area contributed by atoms with E-state index in [0.717, 1.165) is 4.90 Å². The lowest BCUT2D eigenvalue weighted by molar-refractivity contribution is -0.118. The summed E-state index contributed by atoms with van der Waals surface area (Å²) < 4.78 is 10.3. The van der Waals surface area contributed by atoms with Gasteiger partial charge in [-0.25, -0.2) is 4.79 Å². The summed E-state index contributed by atoms with van der Waals surface area (Å²) in [5.41, 5.74) is 1.34. The van der Waals surface area contributed by atoms with Crippen molar-refractivity contribution in [2.24, 2.45) is 0 Å². The molecular formula is C20H18N2O6. The standard InChI is InChI=1S/C20H18N2O6/c1-3-27-20(26)12-4-7-14(8-5-12)28-11-17(23)21-13-6-9-15-16(10-13)19(25)22(2)18(15)24/h4-10H,3,11H2,1-2H3,(H,21,23). The van der Waals surface area contributed by atoms with Gasteiger partial charge in [-0.05, 0) is 49.4 Å². The fraction of sp³-hybridized carbons (Fsp3) is 0.200. The van der Waals surface area contributed by atoms with Crippen LogP contribution in [0, 0.1) is 0 Å². The van der Waals surface area contributed by atoms with E-state index in [-0.39, 0.29) is 24.7 Å². The Morgan fingerprint density at radius 2 is 1.68 bits per heavy atom. The Bertz CT molecular complexity index is 952. The van der Waals surface area contributed by atoms with Gasteiger partial charge in [0.1, 0.15) is 5.75 Å². The highest BCUT2D eigenvalue weighted by Crippen LogP contribution is 2.24. The number of amides is 3. The summed E-state index contributed by atoms with van der Waals surface area (Å²) in [6, 6.07) is 10.7. The number of imide groups is 1. The maximum atomic E-state index is 12.1. The minimum absolute atomic E-state index is 0.251. The quantitative estimate of drug-likeness (QED) is 0.606. The molecule has 2 aromatic rings. The van der Waals surface area contributed by atoms with Crippen LogP contribution >= 0.6 is 0 Å². The number of anilines is 1. The second-order valence-electron chi connectivity index (χ2n) is 6.01. The van der Waals surface area contributed by atoms with Crippen LogP contribution in [0.3, 0.4) is 0 Å². The fourth-order valence-corrected chi connectivity index (χ4v) is 2.69. The Balaban J connectivity index is 1.57. The van der Waals surface area contributed by atoms with Gasteiger partial charge in [0.05, 0.1) is 23.3 Å². The number of hydrogen-bond acceptors (Lipinski definition) is 6. The number of nitrogens with one attached hydrogen (secondary N) is 1. The molecule has 0 spiro atoms. The van der Waals surface area contributed by atoms with E-state index in [9.17, 15) is 19.2 Å². The number of carbonyl (C=O) groups is 4. The normalized spacial score (nSPS) is 12.6. The monoisotopic (exact) mass is 382 g/mol. The molecule has 0 aliphatic carbocycles. The summed E-state index contributed by atoms with van der Waals surface area (Å²) in [6.07, 6.45) is 0. The first kappa shape index (κ1) is 19.1. The van der Waals surface area contributed by atoms with Gasteiger partial charge in [-0.15, -0.1) is 0 Å². The van der Waals surface area contributed by atoms with E-state index in [0.29, 0.717) is 22.6 Å². The summed E-state index contributed by atoms with van der Waals surface area (Å²) in [5, 5.41) is 2.62. The molecule has 1 N–H and O–H groups in total. The van der Waals surface area contributed by atoms with Crippen LogP contribution in [0.4, 0.5) is 5.69 Å². The van der Waals surface area contributed by atoms with Crippen LogP contribution in [0.25, 0.3) is 0 Å². The number of carbonyl (C=O) groups excluding carboxylic acids is 4. The lowest BCUT2D eigenvalue weighted by Gasteiger charge is -2.09. The van der Waals surface area contributed by atoms with Crippen molar-refractivity contribution in [1.82, 2.24) is 4.90 Å². The van der Waals surface area contributed by atoms with Crippen LogP contribution in [0.5, 0.6) is 5.75 Å². The summed E-state index contributed by atoms with van der Waals surface area (Å²) in [5.74, 6) is -1.22. The Kier molecular flexibility index (Phi) is 5.39. The van der Waals surface area contributed by atoms with Crippen LogP contribution in [0.15, 0.2) is 42.5 Å². The summed E-state index contributed by atoms with van der Waals surface area (Å²) in [4.78, 5) is 48.6. The van der Waals surface area contributed by atoms with Gasteiger partial charge in [0.25, 0.3) is 17.7 Å². The SMILES string of the molecule is CCOC(=O)c1ccc(OCC(=O)Nc2ccc3c(c2)C(=O)N(C)C3=O)cc1. The second kappa shape index (κ2) is 7.91. The lowest BCUT2D eigenvalue weighted by Crippen LogP contribution is -2.24. The van der Waals surface area contributed by atoms with Gasteiger partial charge in [0, 0.05) is 12.7 Å². The zero-order valence-electron chi connectivity index (χ0n) is 15.4. The van der Waals surface area contributed by atoms with Crippen LogP contribution < -0.4 is 10.1 Å². The Labute approximate surface area is 161 Å². The van der Waals surface area contributed by atoms with Gasteiger partial charge < -0.3 is 14.8 Å². The van der Waals surface area contributed by atoms with Gasteiger partial charge in [0.15, 0.2) is 6.61 Å². The Hall–Kier alpha value is -3.68. The highest BCUT2D eigenvalue weighted by molar-refractivity contribution is 6.21. The molecule has 0 radical (unpaired) electrons. The number of hydrogen-bond donors (Lipinski definition) is 1. The molecule has 2 aromatic carbocycles.